The van der Waals surface area contributed by atoms with Gasteiger partial charge in [-0.25, -0.2) is 14.3 Å². The Morgan fingerprint density at radius 1 is 1.02 bits per heavy atom. The summed E-state index contributed by atoms with van der Waals surface area (Å²) in [6, 6.07) is 8.30. The van der Waals surface area contributed by atoms with Gasteiger partial charge in [0.25, 0.3) is 11.8 Å². The van der Waals surface area contributed by atoms with Crippen molar-refractivity contribution in [2.75, 3.05) is 13.7 Å². The van der Waals surface area contributed by atoms with Gasteiger partial charge in [0.1, 0.15) is 11.4 Å². The molecule has 12 heteroatoms. The van der Waals surface area contributed by atoms with Gasteiger partial charge in [-0.15, -0.1) is 0 Å². The molecule has 2 N–H and O–H groups in total. The van der Waals surface area contributed by atoms with E-state index in [1.807, 2.05) is 0 Å². The molecule has 0 aliphatic heterocycles. The fourth-order valence-electron chi connectivity index (χ4n) is 6.16. The Morgan fingerprint density at radius 2 is 1.77 bits per heavy atom. The molecular formula is C28H30N6O6. The second-order valence-electron chi connectivity index (χ2n) is 11.0. The zero-order valence-electron chi connectivity index (χ0n) is 22.4. The Labute approximate surface area is 228 Å². The number of oxazole rings is 1. The van der Waals surface area contributed by atoms with E-state index in [9.17, 15) is 19.2 Å². The number of hydrogen-bond acceptors (Lipinski definition) is 8. The van der Waals surface area contributed by atoms with Crippen molar-refractivity contribution >= 4 is 34.5 Å². The van der Waals surface area contributed by atoms with E-state index in [1.165, 1.54) is 28.5 Å². The van der Waals surface area contributed by atoms with E-state index < -0.39 is 11.7 Å². The first-order valence-electron chi connectivity index (χ1n) is 13.3. The molecule has 2 amide bonds. The van der Waals surface area contributed by atoms with Crippen molar-refractivity contribution in [2.45, 2.75) is 45.1 Å². The number of carbonyl (C=O) groups is 3. The van der Waals surface area contributed by atoms with E-state index in [0.29, 0.717) is 23.3 Å². The summed E-state index contributed by atoms with van der Waals surface area (Å²) in [6.45, 7) is 0.673. The van der Waals surface area contributed by atoms with Crippen LogP contribution in [0.1, 0.15) is 65.1 Å². The SMILES string of the molecule is COC(=O)C12CCC(CNC(=O)c3cc(C(=O)NCc4ccc5oc(=O)n(C)c5c4)nc4ccnn34)(CC1)CC2. The first-order valence-corrected chi connectivity index (χ1v) is 13.3. The topological polar surface area (TPSA) is 150 Å². The summed E-state index contributed by atoms with van der Waals surface area (Å²) in [6.07, 6.45) is 6.37. The van der Waals surface area contributed by atoms with Gasteiger partial charge in [-0.05, 0) is 61.6 Å². The summed E-state index contributed by atoms with van der Waals surface area (Å²) >= 11 is 0. The third-order valence-corrected chi connectivity index (χ3v) is 8.78. The minimum absolute atomic E-state index is 0.0541. The molecule has 0 unspecified atom stereocenters. The fraction of sp³-hybridized carbons (Fsp3) is 0.429. The molecule has 2 bridgehead atoms. The maximum Gasteiger partial charge on any atom is 0.419 e. The number of nitrogens with zero attached hydrogens (tertiary/aromatic N) is 4. The summed E-state index contributed by atoms with van der Waals surface area (Å²) < 4.78 is 13.0. The van der Waals surface area contributed by atoms with Crippen LogP contribution >= 0.6 is 0 Å². The lowest BCUT2D eigenvalue weighted by molar-refractivity contribution is -0.162. The third kappa shape index (κ3) is 4.33. The Morgan fingerprint density at radius 3 is 2.50 bits per heavy atom. The van der Waals surface area contributed by atoms with Crippen molar-refractivity contribution in [2.24, 2.45) is 17.9 Å². The molecule has 40 heavy (non-hydrogen) atoms. The van der Waals surface area contributed by atoms with Crippen LogP contribution in [-0.4, -0.2) is 50.6 Å². The highest BCUT2D eigenvalue weighted by Crippen LogP contribution is 2.57. The van der Waals surface area contributed by atoms with Crippen LogP contribution in [-0.2, 0) is 23.1 Å². The van der Waals surface area contributed by atoms with Gasteiger partial charge in [-0.1, -0.05) is 6.07 Å². The largest absolute Gasteiger partial charge is 0.469 e. The quantitative estimate of drug-likeness (QED) is 0.336. The number of aryl methyl sites for hydroxylation is 1. The molecule has 3 saturated carbocycles. The third-order valence-electron chi connectivity index (χ3n) is 8.78. The van der Waals surface area contributed by atoms with Crippen molar-refractivity contribution < 1.29 is 23.5 Å². The van der Waals surface area contributed by atoms with Crippen LogP contribution in [0.15, 0.2) is 45.7 Å². The smallest absolute Gasteiger partial charge is 0.419 e. The maximum absolute atomic E-state index is 13.4. The molecule has 208 valence electrons. The van der Waals surface area contributed by atoms with Crippen LogP contribution in [0.2, 0.25) is 0 Å². The number of fused-ring (bicyclic) bond motifs is 5. The van der Waals surface area contributed by atoms with E-state index >= 15 is 0 Å². The fourth-order valence-corrected chi connectivity index (χ4v) is 6.16. The van der Waals surface area contributed by atoms with Crippen molar-refractivity contribution in [3.63, 3.8) is 0 Å². The maximum atomic E-state index is 13.4. The second-order valence-corrected chi connectivity index (χ2v) is 11.0. The number of rotatable bonds is 7. The molecular weight excluding hydrogens is 516 g/mol. The average Bonchev–Trinajstić information content (AvgIpc) is 3.58. The lowest BCUT2D eigenvalue weighted by Crippen LogP contribution is -2.50. The van der Waals surface area contributed by atoms with Crippen LogP contribution in [0.5, 0.6) is 0 Å². The second kappa shape index (κ2) is 9.61. The van der Waals surface area contributed by atoms with Gasteiger partial charge >= 0.3 is 11.7 Å². The number of carbonyl (C=O) groups excluding carboxylic acids is 3. The predicted octanol–water partition coefficient (Wildman–Crippen LogP) is 2.35. The van der Waals surface area contributed by atoms with Crippen molar-refractivity contribution in [1.29, 1.82) is 0 Å². The van der Waals surface area contributed by atoms with E-state index in [2.05, 4.69) is 20.7 Å². The van der Waals surface area contributed by atoms with Crippen molar-refractivity contribution in [1.82, 2.24) is 29.8 Å². The first kappa shape index (κ1) is 25.8. The number of methoxy groups -OCH3 is 1. The molecule has 3 aliphatic carbocycles. The number of nitrogens with one attached hydrogen (secondary N) is 2. The molecule has 12 nitrogen and oxygen atoms in total. The van der Waals surface area contributed by atoms with Crippen LogP contribution in [0, 0.1) is 10.8 Å². The number of esters is 1. The summed E-state index contributed by atoms with van der Waals surface area (Å²) in [4.78, 5) is 54.9. The normalized spacial score (nSPS) is 21.9. The van der Waals surface area contributed by atoms with Gasteiger partial charge in [0.15, 0.2) is 11.2 Å². The number of ether oxygens (including phenoxy) is 1. The minimum Gasteiger partial charge on any atom is -0.469 e. The first-order chi connectivity index (χ1) is 19.2. The highest BCUT2D eigenvalue weighted by molar-refractivity contribution is 5.98. The molecule has 0 radical (unpaired) electrons. The number of amides is 2. The van der Waals surface area contributed by atoms with E-state index in [-0.39, 0.29) is 40.6 Å². The Bertz CT molecular complexity index is 1690. The van der Waals surface area contributed by atoms with Gasteiger partial charge in [-0.3, -0.25) is 19.0 Å². The molecule has 0 atom stereocenters. The monoisotopic (exact) mass is 546 g/mol. The number of benzene rings is 1. The van der Waals surface area contributed by atoms with Crippen LogP contribution < -0.4 is 16.4 Å². The molecule has 1 aromatic carbocycles. The summed E-state index contributed by atoms with van der Waals surface area (Å²) in [5.74, 6) is -1.38. The van der Waals surface area contributed by atoms with Crippen LogP contribution in [0.4, 0.5) is 0 Å². The minimum atomic E-state index is -0.457. The summed E-state index contributed by atoms with van der Waals surface area (Å²) in [5.41, 5.74) is 2.11. The van der Waals surface area contributed by atoms with Crippen molar-refractivity contribution in [3.8, 4) is 0 Å². The van der Waals surface area contributed by atoms with Crippen LogP contribution in [0.25, 0.3) is 16.7 Å². The zero-order chi connectivity index (χ0) is 28.1. The predicted molar refractivity (Wildman–Crippen MR) is 143 cm³/mol. The molecule has 0 spiro atoms. The zero-order valence-corrected chi connectivity index (χ0v) is 22.4. The average molecular weight is 547 g/mol. The summed E-state index contributed by atoms with van der Waals surface area (Å²) in [5, 5.41) is 10.1. The summed E-state index contributed by atoms with van der Waals surface area (Å²) in [7, 11) is 3.06. The number of aromatic nitrogens is 4. The van der Waals surface area contributed by atoms with Crippen LogP contribution in [0.3, 0.4) is 0 Å². The molecule has 0 saturated heterocycles. The highest BCUT2D eigenvalue weighted by atomic mass is 16.5. The van der Waals surface area contributed by atoms with E-state index in [0.717, 1.165) is 44.1 Å². The molecule has 3 aromatic heterocycles. The molecule has 4 aromatic rings. The molecule has 3 heterocycles. The van der Waals surface area contributed by atoms with Gasteiger partial charge in [0.2, 0.25) is 0 Å². The lowest BCUT2D eigenvalue weighted by atomic mass is 9.53. The van der Waals surface area contributed by atoms with E-state index in [4.69, 9.17) is 9.15 Å². The van der Waals surface area contributed by atoms with E-state index in [1.54, 1.807) is 31.3 Å². The Balaban J connectivity index is 1.15. The van der Waals surface area contributed by atoms with Gasteiger partial charge in [0.05, 0.1) is 24.2 Å². The lowest BCUT2D eigenvalue weighted by Gasteiger charge is -2.51. The Kier molecular flexibility index (Phi) is 6.20. The highest BCUT2D eigenvalue weighted by Gasteiger charge is 2.53. The molecule has 7 rings (SSSR count). The molecule has 3 fully saturated rings. The standard InChI is InChI=1S/C28H30N6O6/c1-33-19-13-17(3-4-21(19)40-26(33)38)15-29-23(35)18-14-20(34-22(32-18)5-12-31-34)24(36)30-16-27-6-9-28(10-7-27,11-8-27)25(37)39-2/h3-5,12-14H,6-11,15-16H2,1-2H3,(H,29,35)(H,30,36). The van der Waals surface area contributed by atoms with Gasteiger partial charge in [0, 0.05) is 32.3 Å². The van der Waals surface area contributed by atoms with Crippen molar-refractivity contribution in [3.05, 3.63) is 64.0 Å². The molecule has 3 aliphatic rings. The van der Waals surface area contributed by atoms with Gasteiger partial charge < -0.3 is 19.8 Å². The Hall–Kier alpha value is -4.48. The van der Waals surface area contributed by atoms with Gasteiger partial charge in [-0.2, -0.15) is 5.10 Å². The number of hydrogen-bond donors (Lipinski definition) is 2.